The molecule has 0 radical (unpaired) electrons. The van der Waals surface area contributed by atoms with Gasteiger partial charge in [-0.15, -0.1) is 0 Å². The summed E-state index contributed by atoms with van der Waals surface area (Å²) in [5.74, 6) is -6.97. The molecule has 226 valence electrons. The van der Waals surface area contributed by atoms with Gasteiger partial charge in [0.25, 0.3) is 5.91 Å². The zero-order valence-electron chi connectivity index (χ0n) is 24.0. The van der Waals surface area contributed by atoms with Crippen molar-refractivity contribution in [1.29, 1.82) is 0 Å². The minimum atomic E-state index is -1.78. The van der Waals surface area contributed by atoms with Crippen LogP contribution in [0.3, 0.4) is 0 Å². The highest BCUT2D eigenvalue weighted by atomic mass is 19.2. The van der Waals surface area contributed by atoms with Crippen molar-refractivity contribution in [1.82, 2.24) is 20.0 Å². The van der Waals surface area contributed by atoms with Crippen molar-refractivity contribution in [2.75, 3.05) is 37.6 Å². The quantitative estimate of drug-likeness (QED) is 0.389. The Morgan fingerprint density at radius 3 is 2.38 bits per heavy atom. The van der Waals surface area contributed by atoms with E-state index in [0.29, 0.717) is 32.2 Å². The van der Waals surface area contributed by atoms with E-state index >= 15 is 0 Å². The van der Waals surface area contributed by atoms with E-state index in [0.717, 1.165) is 42.3 Å². The fourth-order valence-electron chi connectivity index (χ4n) is 5.58. The second-order valence-corrected chi connectivity index (χ2v) is 12.1. The predicted molar refractivity (Wildman–Crippen MR) is 151 cm³/mol. The molecule has 2 heterocycles. The SMILES string of the molecule is CC(C)(C)OC(=O)N1CCN(c2ccc3cn(C4CCC(CNC(=O)c5cc(F)c(O)c(F)c5F)CC4)nc3c2)CC1. The molecular formula is C30H36F3N5O4. The van der Waals surface area contributed by atoms with Gasteiger partial charge in [-0.05, 0) is 76.6 Å². The molecule has 1 saturated carbocycles. The van der Waals surface area contributed by atoms with Gasteiger partial charge in [0.05, 0.1) is 17.1 Å². The molecule has 1 aliphatic heterocycles. The van der Waals surface area contributed by atoms with Crippen LogP contribution in [0.25, 0.3) is 10.9 Å². The van der Waals surface area contributed by atoms with E-state index in [2.05, 4.69) is 28.4 Å². The second kappa shape index (κ2) is 11.7. The molecule has 42 heavy (non-hydrogen) atoms. The largest absolute Gasteiger partial charge is 0.503 e. The number of halogens is 3. The Morgan fingerprint density at radius 2 is 1.71 bits per heavy atom. The molecule has 9 nitrogen and oxygen atoms in total. The lowest BCUT2D eigenvalue weighted by atomic mass is 9.86. The summed E-state index contributed by atoms with van der Waals surface area (Å²) in [6, 6.07) is 6.90. The number of hydrogen-bond donors (Lipinski definition) is 2. The number of rotatable bonds is 5. The van der Waals surface area contributed by atoms with E-state index in [1.807, 2.05) is 31.6 Å². The van der Waals surface area contributed by atoms with Crippen LogP contribution in [-0.2, 0) is 4.74 Å². The number of fused-ring (bicyclic) bond motifs is 1. The third-order valence-electron chi connectivity index (χ3n) is 7.93. The Balaban J connectivity index is 1.13. The lowest BCUT2D eigenvalue weighted by Gasteiger charge is -2.36. The molecule has 2 aromatic carbocycles. The molecule has 0 spiro atoms. The van der Waals surface area contributed by atoms with Gasteiger partial charge in [-0.2, -0.15) is 9.49 Å². The molecule has 1 aliphatic carbocycles. The van der Waals surface area contributed by atoms with Crippen molar-refractivity contribution in [3.8, 4) is 5.75 Å². The average molecular weight is 588 g/mol. The average Bonchev–Trinajstić information content (AvgIpc) is 3.40. The number of benzene rings is 2. The van der Waals surface area contributed by atoms with Gasteiger partial charge in [-0.25, -0.2) is 13.6 Å². The van der Waals surface area contributed by atoms with Crippen molar-refractivity contribution >= 4 is 28.6 Å². The van der Waals surface area contributed by atoms with E-state index in [1.165, 1.54) is 0 Å². The molecule has 2 fully saturated rings. The van der Waals surface area contributed by atoms with Crippen LogP contribution >= 0.6 is 0 Å². The Bertz CT molecular complexity index is 1470. The number of ether oxygens (including phenoxy) is 1. The number of hydrogen-bond acceptors (Lipinski definition) is 6. The van der Waals surface area contributed by atoms with Gasteiger partial charge in [0, 0.05) is 50.0 Å². The topological polar surface area (TPSA) is 99.9 Å². The first-order valence-corrected chi connectivity index (χ1v) is 14.3. The predicted octanol–water partition coefficient (Wildman–Crippen LogP) is 5.38. The molecule has 5 rings (SSSR count). The van der Waals surface area contributed by atoms with Gasteiger partial charge in [0.1, 0.15) is 5.60 Å². The van der Waals surface area contributed by atoms with Crippen molar-refractivity contribution < 1.29 is 32.6 Å². The summed E-state index contributed by atoms with van der Waals surface area (Å²) in [7, 11) is 0. The molecule has 2 amide bonds. The maximum atomic E-state index is 14.0. The Kier molecular flexibility index (Phi) is 8.25. The minimum absolute atomic E-state index is 0.135. The van der Waals surface area contributed by atoms with Crippen LogP contribution in [0.1, 0.15) is 62.9 Å². The van der Waals surface area contributed by atoms with Crippen LogP contribution in [0, 0.1) is 23.4 Å². The zero-order valence-corrected chi connectivity index (χ0v) is 24.0. The molecule has 2 aliphatic rings. The van der Waals surface area contributed by atoms with E-state index in [9.17, 15) is 27.9 Å². The van der Waals surface area contributed by atoms with Crippen LogP contribution in [-0.4, -0.2) is 70.1 Å². The summed E-state index contributed by atoms with van der Waals surface area (Å²) in [6.07, 6.45) is 5.04. The number of amides is 2. The Labute approximate surface area is 242 Å². The fourth-order valence-corrected chi connectivity index (χ4v) is 5.58. The van der Waals surface area contributed by atoms with E-state index in [4.69, 9.17) is 9.84 Å². The number of carbonyl (C=O) groups is 2. The number of phenolic OH excluding ortho intramolecular Hbond substituents is 1. The minimum Gasteiger partial charge on any atom is -0.503 e. The first kappa shape index (κ1) is 29.5. The molecule has 2 N–H and O–H groups in total. The van der Waals surface area contributed by atoms with Gasteiger partial charge < -0.3 is 25.0 Å². The summed E-state index contributed by atoms with van der Waals surface area (Å²) in [5, 5.41) is 17.6. The number of carbonyl (C=O) groups excluding carboxylic acids is 2. The van der Waals surface area contributed by atoms with Gasteiger partial charge in [0.15, 0.2) is 17.4 Å². The van der Waals surface area contributed by atoms with E-state index < -0.39 is 40.3 Å². The smallest absolute Gasteiger partial charge is 0.410 e. The number of aromatic hydroxyl groups is 1. The maximum absolute atomic E-state index is 14.0. The fraction of sp³-hybridized carbons (Fsp3) is 0.500. The van der Waals surface area contributed by atoms with E-state index in [1.54, 1.807) is 4.90 Å². The van der Waals surface area contributed by atoms with Gasteiger partial charge >= 0.3 is 6.09 Å². The number of aromatic nitrogens is 2. The third kappa shape index (κ3) is 6.42. The third-order valence-corrected chi connectivity index (χ3v) is 7.93. The first-order chi connectivity index (χ1) is 19.9. The Hall–Kier alpha value is -3.96. The molecule has 3 aromatic rings. The summed E-state index contributed by atoms with van der Waals surface area (Å²) < 4.78 is 48.7. The molecule has 0 bridgehead atoms. The number of anilines is 1. The summed E-state index contributed by atoms with van der Waals surface area (Å²) >= 11 is 0. The van der Waals surface area contributed by atoms with Crippen molar-refractivity contribution in [2.45, 2.75) is 58.1 Å². The number of piperazine rings is 1. The second-order valence-electron chi connectivity index (χ2n) is 12.1. The highest BCUT2D eigenvalue weighted by Gasteiger charge is 2.28. The maximum Gasteiger partial charge on any atom is 0.410 e. The van der Waals surface area contributed by atoms with Gasteiger partial charge in [-0.1, -0.05) is 0 Å². The molecule has 1 aromatic heterocycles. The van der Waals surface area contributed by atoms with Crippen molar-refractivity contribution in [2.24, 2.45) is 5.92 Å². The summed E-state index contributed by atoms with van der Waals surface area (Å²) in [4.78, 5) is 28.7. The molecule has 12 heteroatoms. The van der Waals surface area contributed by atoms with Gasteiger partial charge in [-0.3, -0.25) is 9.48 Å². The molecular weight excluding hydrogens is 551 g/mol. The number of nitrogens with zero attached hydrogens (tertiary/aromatic N) is 4. The highest BCUT2D eigenvalue weighted by molar-refractivity contribution is 5.94. The molecule has 0 unspecified atom stereocenters. The first-order valence-electron chi connectivity index (χ1n) is 14.3. The van der Waals surface area contributed by atoms with Crippen LogP contribution in [0.4, 0.5) is 23.7 Å². The number of nitrogens with one attached hydrogen (secondary N) is 1. The van der Waals surface area contributed by atoms with Crippen molar-refractivity contribution in [3.05, 3.63) is 53.5 Å². The normalized spacial score (nSPS) is 19.7. The van der Waals surface area contributed by atoms with Crippen LogP contribution in [0.15, 0.2) is 30.5 Å². The lowest BCUT2D eigenvalue weighted by Crippen LogP contribution is -2.50. The van der Waals surface area contributed by atoms with E-state index in [-0.39, 0.29) is 24.6 Å². The van der Waals surface area contributed by atoms with Crippen molar-refractivity contribution in [3.63, 3.8) is 0 Å². The molecule has 1 saturated heterocycles. The number of phenols is 1. The monoisotopic (exact) mass is 587 g/mol. The Morgan fingerprint density at radius 1 is 1.02 bits per heavy atom. The standard InChI is InChI=1S/C30H36F3N5O4/c1-30(2,3)42-29(41)37-12-10-36(11-13-37)21-9-6-19-17-38(35-24(19)14-21)20-7-4-18(5-8-20)16-34-28(40)22-15-23(31)27(39)26(33)25(22)32/h6,9,14-15,17-18,20,39H,4-5,7-8,10-13,16H2,1-3H3,(H,34,40). The summed E-state index contributed by atoms with van der Waals surface area (Å²) in [6.45, 7) is 8.41. The molecule has 0 atom stereocenters. The van der Waals surface area contributed by atoms with Crippen LogP contribution in [0.2, 0.25) is 0 Å². The zero-order chi connectivity index (χ0) is 30.2. The van der Waals surface area contributed by atoms with Gasteiger partial charge in [0.2, 0.25) is 5.82 Å². The lowest BCUT2D eigenvalue weighted by molar-refractivity contribution is 0.0240. The highest BCUT2D eigenvalue weighted by Crippen LogP contribution is 2.33. The van der Waals surface area contributed by atoms with Crippen LogP contribution in [0.5, 0.6) is 5.75 Å². The van der Waals surface area contributed by atoms with Crippen LogP contribution < -0.4 is 10.2 Å². The summed E-state index contributed by atoms with van der Waals surface area (Å²) in [5.41, 5.74) is 0.656.